The van der Waals surface area contributed by atoms with Gasteiger partial charge in [-0.15, -0.1) is 0 Å². The lowest BCUT2D eigenvalue weighted by atomic mass is 9.69. The average Bonchev–Trinajstić information content (AvgIpc) is 2.74. The number of allylic oxidation sites excluding steroid dienone is 2. The second-order valence-electron chi connectivity index (χ2n) is 10.7. The van der Waals surface area contributed by atoms with E-state index in [4.69, 9.17) is 4.74 Å². The first-order valence-corrected chi connectivity index (χ1v) is 11.6. The summed E-state index contributed by atoms with van der Waals surface area (Å²) in [7, 11) is 2.18. The van der Waals surface area contributed by atoms with Crippen LogP contribution in [0.5, 0.6) is 5.75 Å². The number of fused-ring (bicyclic) bond motifs is 5. The van der Waals surface area contributed by atoms with Crippen molar-refractivity contribution in [1.82, 2.24) is 0 Å². The minimum atomic E-state index is 0.214. The van der Waals surface area contributed by atoms with Gasteiger partial charge in [-0.1, -0.05) is 63.2 Å². The molecule has 0 bridgehead atoms. The van der Waals surface area contributed by atoms with E-state index in [1.54, 1.807) is 0 Å². The molecule has 0 radical (unpaired) electrons. The molecule has 0 saturated carbocycles. The van der Waals surface area contributed by atoms with Crippen molar-refractivity contribution in [2.24, 2.45) is 11.3 Å². The van der Waals surface area contributed by atoms with Gasteiger partial charge in [-0.3, -0.25) is 0 Å². The van der Waals surface area contributed by atoms with Crippen LogP contribution in [0, 0.1) is 18.3 Å². The maximum Gasteiger partial charge on any atom is 0.204 e. The number of hydrogen-bond donors (Lipinski definition) is 0. The van der Waals surface area contributed by atoms with Crippen molar-refractivity contribution in [2.75, 3.05) is 7.05 Å². The first kappa shape index (κ1) is 19.5. The van der Waals surface area contributed by atoms with E-state index in [9.17, 15) is 0 Å². The van der Waals surface area contributed by atoms with Gasteiger partial charge in [0.25, 0.3) is 0 Å². The van der Waals surface area contributed by atoms with Gasteiger partial charge >= 0.3 is 0 Å². The Bertz CT molecular complexity index is 1380. The molecule has 0 amide bonds. The van der Waals surface area contributed by atoms with E-state index in [0.29, 0.717) is 5.92 Å². The second-order valence-corrected chi connectivity index (χ2v) is 10.7. The summed E-state index contributed by atoms with van der Waals surface area (Å²) in [6.07, 6.45) is 8.02. The monoisotopic (exact) mass is 420 g/mol. The van der Waals surface area contributed by atoms with E-state index in [1.165, 1.54) is 44.3 Å². The number of benzene rings is 3. The summed E-state index contributed by atoms with van der Waals surface area (Å²) in [5.41, 5.74) is 8.42. The molecule has 0 saturated heterocycles. The molecule has 6 rings (SSSR count). The largest absolute Gasteiger partial charge is 0.460 e. The van der Waals surface area contributed by atoms with Gasteiger partial charge in [0.1, 0.15) is 24.5 Å². The van der Waals surface area contributed by atoms with Crippen LogP contribution in [0.15, 0.2) is 66.6 Å². The van der Waals surface area contributed by atoms with E-state index in [2.05, 4.69) is 106 Å². The molecule has 3 aliphatic rings. The summed E-state index contributed by atoms with van der Waals surface area (Å²) in [6.45, 7) is 9.22. The third kappa shape index (κ3) is 2.82. The molecule has 3 aromatic rings. The zero-order chi connectivity index (χ0) is 22.2. The Kier molecular flexibility index (Phi) is 4.08. The maximum absolute atomic E-state index is 6.69. The molecule has 2 aliphatic heterocycles. The summed E-state index contributed by atoms with van der Waals surface area (Å²) in [4.78, 5) is 0. The summed E-state index contributed by atoms with van der Waals surface area (Å²) in [5.74, 6) is 2.57. The summed E-state index contributed by atoms with van der Waals surface area (Å²) in [6, 6.07) is 17.6. The van der Waals surface area contributed by atoms with Crippen molar-refractivity contribution in [2.45, 2.75) is 40.0 Å². The van der Waals surface area contributed by atoms with Crippen LogP contribution in [0.1, 0.15) is 54.5 Å². The SMILES string of the molecule is Cc1c2c(cc3ccccc13)OC1=Cc3cccc(CC(C)(C)C)c3C3C=C[N+](C)=C2C13. The van der Waals surface area contributed by atoms with Crippen molar-refractivity contribution < 1.29 is 9.31 Å². The van der Waals surface area contributed by atoms with Crippen molar-refractivity contribution in [3.05, 3.63) is 94.4 Å². The zero-order valence-electron chi connectivity index (χ0n) is 19.6. The highest BCUT2D eigenvalue weighted by Crippen LogP contribution is 2.50. The van der Waals surface area contributed by atoms with Gasteiger partial charge in [0.05, 0.1) is 5.56 Å². The van der Waals surface area contributed by atoms with Crippen LogP contribution in [0.4, 0.5) is 0 Å². The van der Waals surface area contributed by atoms with Crippen molar-refractivity contribution in [3.63, 3.8) is 0 Å². The number of hydrogen-bond acceptors (Lipinski definition) is 1. The third-order valence-corrected chi connectivity index (χ3v) is 7.20. The van der Waals surface area contributed by atoms with E-state index < -0.39 is 0 Å². The fourth-order valence-electron chi connectivity index (χ4n) is 5.96. The highest BCUT2D eigenvalue weighted by Gasteiger charge is 2.47. The summed E-state index contributed by atoms with van der Waals surface area (Å²) in [5, 5.41) is 2.54. The topological polar surface area (TPSA) is 12.2 Å². The molecular formula is C30H30NO+. The molecule has 0 spiro atoms. The summed E-state index contributed by atoms with van der Waals surface area (Å²) < 4.78 is 9.00. The van der Waals surface area contributed by atoms with Gasteiger partial charge in [0.15, 0.2) is 6.20 Å². The molecular weight excluding hydrogens is 390 g/mol. The highest BCUT2D eigenvalue weighted by molar-refractivity contribution is 6.10. The fourth-order valence-corrected chi connectivity index (χ4v) is 5.96. The van der Waals surface area contributed by atoms with Crippen LogP contribution >= 0.6 is 0 Å². The Hall–Kier alpha value is -3.13. The number of nitrogens with zero attached hydrogens (tertiary/aromatic N) is 1. The molecule has 0 N–H and O–H groups in total. The Morgan fingerprint density at radius 3 is 2.66 bits per heavy atom. The second kappa shape index (κ2) is 6.68. The quantitative estimate of drug-likeness (QED) is 0.392. The lowest BCUT2D eigenvalue weighted by molar-refractivity contribution is -0.427. The molecule has 3 aromatic carbocycles. The number of ether oxygens (including phenoxy) is 1. The normalized spacial score (nSPS) is 21.0. The van der Waals surface area contributed by atoms with Crippen LogP contribution in [0.2, 0.25) is 0 Å². The smallest absolute Gasteiger partial charge is 0.204 e. The van der Waals surface area contributed by atoms with E-state index in [1.807, 2.05) is 0 Å². The highest BCUT2D eigenvalue weighted by atomic mass is 16.5. The fraction of sp³-hybridized carbons (Fsp3) is 0.300. The van der Waals surface area contributed by atoms with Gasteiger partial charge in [-0.25, -0.2) is 4.58 Å². The Balaban J connectivity index is 1.61. The maximum atomic E-state index is 6.69. The lowest BCUT2D eigenvalue weighted by Gasteiger charge is -2.38. The van der Waals surface area contributed by atoms with E-state index in [0.717, 1.165) is 17.9 Å². The molecule has 0 fully saturated rings. The van der Waals surface area contributed by atoms with Gasteiger partial charge < -0.3 is 4.74 Å². The van der Waals surface area contributed by atoms with Crippen LogP contribution in [-0.2, 0) is 6.42 Å². The van der Waals surface area contributed by atoms with Gasteiger partial charge in [-0.2, -0.15) is 0 Å². The molecule has 0 aromatic heterocycles. The van der Waals surface area contributed by atoms with Crippen molar-refractivity contribution in [3.8, 4) is 5.75 Å². The van der Waals surface area contributed by atoms with Gasteiger partial charge in [-0.05, 0) is 70.0 Å². The molecule has 1 aliphatic carbocycles. The molecule has 2 heterocycles. The van der Waals surface area contributed by atoms with Gasteiger partial charge in [0.2, 0.25) is 5.71 Å². The summed E-state index contributed by atoms with van der Waals surface area (Å²) >= 11 is 0. The molecule has 160 valence electrons. The predicted molar refractivity (Wildman–Crippen MR) is 133 cm³/mol. The standard InChI is InChI=1S/C30H30NO/c1-18-22-12-7-6-9-19(22)15-24-26(18)29-28-23(13-14-31(29)5)27-20(16-25(28)32-24)10-8-11-21(27)17-30(2,3)4/h6-16,23,28H,17H2,1-5H3/q+1. The predicted octanol–water partition coefficient (Wildman–Crippen LogP) is 6.84. The molecule has 2 heteroatoms. The van der Waals surface area contributed by atoms with Crippen LogP contribution in [-0.4, -0.2) is 17.3 Å². The Morgan fingerprint density at radius 1 is 1.03 bits per heavy atom. The Labute approximate surface area is 190 Å². The van der Waals surface area contributed by atoms with Gasteiger partial charge in [0, 0.05) is 5.92 Å². The zero-order valence-corrected chi connectivity index (χ0v) is 19.6. The van der Waals surface area contributed by atoms with Crippen LogP contribution < -0.4 is 4.74 Å². The third-order valence-electron chi connectivity index (χ3n) is 7.20. The molecule has 2 atom stereocenters. The first-order valence-electron chi connectivity index (χ1n) is 11.6. The Morgan fingerprint density at radius 2 is 1.84 bits per heavy atom. The van der Waals surface area contributed by atoms with Crippen LogP contribution in [0.25, 0.3) is 16.8 Å². The molecule has 32 heavy (non-hydrogen) atoms. The van der Waals surface area contributed by atoms with E-state index in [-0.39, 0.29) is 11.3 Å². The minimum absolute atomic E-state index is 0.214. The van der Waals surface area contributed by atoms with Crippen molar-refractivity contribution in [1.29, 1.82) is 0 Å². The molecule has 2 nitrogen and oxygen atoms in total. The van der Waals surface area contributed by atoms with Crippen LogP contribution in [0.3, 0.4) is 0 Å². The minimum Gasteiger partial charge on any atom is -0.460 e. The van der Waals surface area contributed by atoms with E-state index >= 15 is 0 Å². The first-order chi connectivity index (χ1) is 15.3. The van der Waals surface area contributed by atoms with Crippen molar-refractivity contribution >= 4 is 22.6 Å². The lowest BCUT2D eigenvalue weighted by Crippen LogP contribution is -2.40. The molecule has 2 unspecified atom stereocenters. The number of rotatable bonds is 1. The average molecular weight is 421 g/mol. The number of aryl methyl sites for hydroxylation is 1.